The Morgan fingerprint density at radius 3 is 2.36 bits per heavy atom. The van der Waals surface area contributed by atoms with Crippen LogP contribution in [0.2, 0.25) is 0 Å². The Kier molecular flexibility index (Phi) is 5.11. The third-order valence-corrected chi connectivity index (χ3v) is 3.99. The molecule has 0 bridgehead atoms. The van der Waals surface area contributed by atoms with Crippen molar-refractivity contribution in [2.45, 2.75) is 6.92 Å². The zero-order chi connectivity index (χ0) is 19.2. The molecule has 0 aliphatic heterocycles. The first-order valence-electron chi connectivity index (χ1n) is 8.89. The molecule has 138 valence electrons. The minimum Gasteiger partial charge on any atom is -0.455 e. The van der Waals surface area contributed by atoms with Gasteiger partial charge in [-0.05, 0) is 43.3 Å². The summed E-state index contributed by atoms with van der Waals surface area (Å²) in [5.74, 6) is 2.43. The van der Waals surface area contributed by atoms with Crippen LogP contribution in [0, 0.1) is 6.92 Å². The van der Waals surface area contributed by atoms with Crippen molar-refractivity contribution >= 4 is 23.1 Å². The van der Waals surface area contributed by atoms with Crippen LogP contribution in [0.1, 0.15) is 5.56 Å². The highest BCUT2D eigenvalue weighted by molar-refractivity contribution is 5.65. The number of aryl methyl sites for hydroxylation is 1. The Balaban J connectivity index is 1.52. The van der Waals surface area contributed by atoms with Crippen molar-refractivity contribution < 1.29 is 4.74 Å². The van der Waals surface area contributed by atoms with Gasteiger partial charge < -0.3 is 15.4 Å². The van der Waals surface area contributed by atoms with E-state index in [9.17, 15) is 0 Å². The van der Waals surface area contributed by atoms with Crippen LogP contribution in [0.3, 0.4) is 0 Å². The fourth-order valence-corrected chi connectivity index (χ4v) is 2.60. The van der Waals surface area contributed by atoms with Crippen molar-refractivity contribution in [3.63, 3.8) is 0 Å². The summed E-state index contributed by atoms with van der Waals surface area (Å²) in [5.41, 5.74) is 2.88. The number of ether oxygens (including phenoxy) is 1. The molecule has 0 fully saturated rings. The molecule has 6 nitrogen and oxygen atoms in total. The molecule has 4 rings (SSSR count). The molecule has 1 aromatic heterocycles. The number of para-hydroxylation sites is 3. The van der Waals surface area contributed by atoms with Crippen LogP contribution in [-0.4, -0.2) is 15.2 Å². The third kappa shape index (κ3) is 4.42. The molecule has 0 spiro atoms. The standard InChI is InChI=1S/C22H19N5O/c1-16-11-13-17(14-12-16)24-22-26-21(15-23-27-22)25-19-9-5-6-10-20(19)28-18-7-3-2-4-8-18/h2-15H,1H3,(H2,24,25,26,27). The molecular weight excluding hydrogens is 350 g/mol. The summed E-state index contributed by atoms with van der Waals surface area (Å²) < 4.78 is 5.98. The molecule has 2 N–H and O–H groups in total. The molecule has 3 aromatic carbocycles. The summed E-state index contributed by atoms with van der Waals surface area (Å²) in [4.78, 5) is 4.48. The van der Waals surface area contributed by atoms with E-state index in [1.54, 1.807) is 6.20 Å². The Morgan fingerprint density at radius 2 is 1.54 bits per heavy atom. The first-order chi connectivity index (χ1) is 13.8. The lowest BCUT2D eigenvalue weighted by molar-refractivity contribution is 0.485. The van der Waals surface area contributed by atoms with E-state index in [0.29, 0.717) is 17.5 Å². The normalized spacial score (nSPS) is 10.3. The molecule has 0 atom stereocenters. The average Bonchev–Trinajstić information content (AvgIpc) is 2.72. The van der Waals surface area contributed by atoms with Gasteiger partial charge in [-0.3, -0.25) is 0 Å². The summed E-state index contributed by atoms with van der Waals surface area (Å²) in [6.07, 6.45) is 1.57. The van der Waals surface area contributed by atoms with Crippen molar-refractivity contribution in [3.8, 4) is 11.5 Å². The largest absolute Gasteiger partial charge is 0.455 e. The molecule has 0 saturated carbocycles. The fraction of sp³-hybridized carbons (Fsp3) is 0.0455. The second kappa shape index (κ2) is 8.18. The molecule has 4 aromatic rings. The van der Waals surface area contributed by atoms with Gasteiger partial charge in [0.25, 0.3) is 0 Å². The van der Waals surface area contributed by atoms with Crippen LogP contribution >= 0.6 is 0 Å². The SMILES string of the molecule is Cc1ccc(Nc2nncc(Nc3ccccc3Oc3ccccc3)n2)cc1. The van der Waals surface area contributed by atoms with Crippen molar-refractivity contribution in [3.05, 3.63) is 90.6 Å². The number of rotatable bonds is 6. The minimum atomic E-state index is 0.412. The summed E-state index contributed by atoms with van der Waals surface area (Å²) in [7, 11) is 0. The lowest BCUT2D eigenvalue weighted by Gasteiger charge is -2.13. The maximum Gasteiger partial charge on any atom is 0.249 e. The quantitative estimate of drug-likeness (QED) is 0.470. The van der Waals surface area contributed by atoms with Crippen LogP contribution in [0.4, 0.5) is 23.1 Å². The van der Waals surface area contributed by atoms with E-state index in [1.165, 1.54) is 5.56 Å². The maximum atomic E-state index is 5.98. The molecule has 0 aliphatic rings. The predicted octanol–water partition coefficient (Wildman–Crippen LogP) is 5.46. The van der Waals surface area contributed by atoms with Gasteiger partial charge in [0.2, 0.25) is 5.95 Å². The molecule has 0 saturated heterocycles. The average molecular weight is 369 g/mol. The molecule has 0 unspecified atom stereocenters. The van der Waals surface area contributed by atoms with E-state index >= 15 is 0 Å². The van der Waals surface area contributed by atoms with Crippen molar-refractivity contribution in [2.24, 2.45) is 0 Å². The van der Waals surface area contributed by atoms with E-state index in [0.717, 1.165) is 17.1 Å². The summed E-state index contributed by atoms with van der Waals surface area (Å²) in [6.45, 7) is 2.04. The topological polar surface area (TPSA) is 72.0 Å². The number of anilines is 4. The van der Waals surface area contributed by atoms with Gasteiger partial charge in [-0.1, -0.05) is 48.0 Å². The van der Waals surface area contributed by atoms with Gasteiger partial charge in [0.1, 0.15) is 5.75 Å². The van der Waals surface area contributed by atoms with Crippen molar-refractivity contribution in [1.29, 1.82) is 0 Å². The van der Waals surface area contributed by atoms with Gasteiger partial charge >= 0.3 is 0 Å². The van der Waals surface area contributed by atoms with Gasteiger partial charge in [0.05, 0.1) is 11.9 Å². The molecule has 6 heteroatoms. The Bertz CT molecular complexity index is 1050. The first kappa shape index (κ1) is 17.5. The van der Waals surface area contributed by atoms with E-state index < -0.39 is 0 Å². The molecule has 0 aliphatic carbocycles. The Morgan fingerprint density at radius 1 is 0.786 bits per heavy atom. The van der Waals surface area contributed by atoms with Gasteiger partial charge in [0.15, 0.2) is 11.6 Å². The summed E-state index contributed by atoms with van der Waals surface area (Å²) in [6, 6.07) is 25.3. The highest BCUT2D eigenvalue weighted by Crippen LogP contribution is 2.31. The molecular formula is C22H19N5O. The van der Waals surface area contributed by atoms with Crippen molar-refractivity contribution in [2.75, 3.05) is 10.6 Å². The number of hydrogen-bond donors (Lipinski definition) is 2. The Labute approximate surface area is 163 Å². The monoisotopic (exact) mass is 369 g/mol. The zero-order valence-electron chi connectivity index (χ0n) is 15.3. The molecule has 0 radical (unpaired) electrons. The smallest absolute Gasteiger partial charge is 0.249 e. The Hall–Kier alpha value is -3.93. The fourth-order valence-electron chi connectivity index (χ4n) is 2.60. The van der Waals surface area contributed by atoms with E-state index in [4.69, 9.17) is 4.74 Å². The number of nitrogens with one attached hydrogen (secondary N) is 2. The number of nitrogens with zero attached hydrogens (tertiary/aromatic N) is 3. The van der Waals surface area contributed by atoms with Crippen LogP contribution < -0.4 is 15.4 Å². The van der Waals surface area contributed by atoms with Crippen LogP contribution in [0.15, 0.2) is 85.1 Å². The lowest BCUT2D eigenvalue weighted by atomic mass is 10.2. The second-order valence-corrected chi connectivity index (χ2v) is 6.19. The van der Waals surface area contributed by atoms with Gasteiger partial charge in [-0.15, -0.1) is 5.10 Å². The van der Waals surface area contributed by atoms with Gasteiger partial charge in [-0.2, -0.15) is 10.1 Å². The number of hydrogen-bond acceptors (Lipinski definition) is 6. The molecule has 1 heterocycles. The maximum absolute atomic E-state index is 5.98. The number of aromatic nitrogens is 3. The van der Waals surface area contributed by atoms with Crippen LogP contribution in [-0.2, 0) is 0 Å². The third-order valence-electron chi connectivity index (χ3n) is 3.99. The highest BCUT2D eigenvalue weighted by Gasteiger charge is 2.07. The van der Waals surface area contributed by atoms with E-state index in [2.05, 4.69) is 25.8 Å². The zero-order valence-corrected chi connectivity index (χ0v) is 15.3. The van der Waals surface area contributed by atoms with E-state index in [1.807, 2.05) is 85.8 Å². The summed E-state index contributed by atoms with van der Waals surface area (Å²) >= 11 is 0. The number of benzene rings is 3. The second-order valence-electron chi connectivity index (χ2n) is 6.19. The first-order valence-corrected chi connectivity index (χ1v) is 8.89. The van der Waals surface area contributed by atoms with E-state index in [-0.39, 0.29) is 0 Å². The lowest BCUT2D eigenvalue weighted by Crippen LogP contribution is -2.03. The van der Waals surface area contributed by atoms with Gasteiger partial charge in [0, 0.05) is 5.69 Å². The summed E-state index contributed by atoms with van der Waals surface area (Å²) in [5, 5.41) is 14.5. The van der Waals surface area contributed by atoms with Crippen LogP contribution in [0.5, 0.6) is 11.5 Å². The predicted molar refractivity (Wildman–Crippen MR) is 111 cm³/mol. The van der Waals surface area contributed by atoms with Crippen molar-refractivity contribution in [1.82, 2.24) is 15.2 Å². The molecule has 0 amide bonds. The highest BCUT2D eigenvalue weighted by atomic mass is 16.5. The van der Waals surface area contributed by atoms with Crippen LogP contribution in [0.25, 0.3) is 0 Å². The molecule has 28 heavy (non-hydrogen) atoms. The minimum absolute atomic E-state index is 0.412. The van der Waals surface area contributed by atoms with Gasteiger partial charge in [-0.25, -0.2) is 0 Å².